The van der Waals surface area contributed by atoms with Gasteiger partial charge in [-0.15, -0.1) is 11.3 Å². The van der Waals surface area contributed by atoms with Crippen molar-refractivity contribution in [3.05, 3.63) is 42.1 Å². The zero-order valence-corrected chi connectivity index (χ0v) is 13.3. The summed E-state index contributed by atoms with van der Waals surface area (Å²) in [5.41, 5.74) is 1.40. The van der Waals surface area contributed by atoms with Gasteiger partial charge in [-0.3, -0.25) is 0 Å². The van der Waals surface area contributed by atoms with Crippen LogP contribution < -0.4 is 5.32 Å². The molecule has 92 valence electrons. The van der Waals surface area contributed by atoms with Gasteiger partial charge in [0.15, 0.2) is 0 Å². The zero-order valence-electron chi connectivity index (χ0n) is 9.37. The summed E-state index contributed by atoms with van der Waals surface area (Å²) in [6.07, 6.45) is 1.07. The monoisotopic (exact) mass is 349 g/mol. The van der Waals surface area contributed by atoms with Crippen LogP contribution >= 0.6 is 50.2 Å². The van der Waals surface area contributed by atoms with Gasteiger partial charge in [-0.05, 0) is 57.7 Å². The number of thiophene rings is 2. The van der Waals surface area contributed by atoms with E-state index in [0.717, 1.165) is 21.8 Å². The number of hydrogen-bond donors (Lipinski definition) is 1. The Kier molecular flexibility index (Phi) is 5.06. The molecule has 2 heterocycles. The molecule has 0 spiro atoms. The maximum absolute atomic E-state index is 6.01. The van der Waals surface area contributed by atoms with E-state index in [-0.39, 0.29) is 0 Å². The molecule has 0 fully saturated rings. The first kappa shape index (κ1) is 13.6. The predicted molar refractivity (Wildman–Crippen MR) is 81.4 cm³/mol. The van der Waals surface area contributed by atoms with Gasteiger partial charge < -0.3 is 5.32 Å². The van der Waals surface area contributed by atoms with E-state index >= 15 is 0 Å². The van der Waals surface area contributed by atoms with Crippen LogP contribution in [0.5, 0.6) is 0 Å². The van der Waals surface area contributed by atoms with Crippen LogP contribution in [-0.4, -0.2) is 6.04 Å². The van der Waals surface area contributed by atoms with Crippen LogP contribution in [-0.2, 0) is 13.0 Å². The Morgan fingerprint density at radius 2 is 2.35 bits per heavy atom. The van der Waals surface area contributed by atoms with E-state index in [4.69, 9.17) is 11.6 Å². The minimum atomic E-state index is 0.476. The van der Waals surface area contributed by atoms with E-state index in [1.54, 1.807) is 22.7 Å². The summed E-state index contributed by atoms with van der Waals surface area (Å²) in [5, 5.41) is 7.84. The highest BCUT2D eigenvalue weighted by atomic mass is 79.9. The van der Waals surface area contributed by atoms with Crippen molar-refractivity contribution in [1.29, 1.82) is 0 Å². The van der Waals surface area contributed by atoms with Gasteiger partial charge in [0.25, 0.3) is 0 Å². The van der Waals surface area contributed by atoms with Crippen molar-refractivity contribution in [2.75, 3.05) is 0 Å². The van der Waals surface area contributed by atoms with Gasteiger partial charge in [0.1, 0.15) is 4.34 Å². The standard InChI is InChI=1S/C12H13BrClNS2/c1-8(4-9-2-3-16-7-9)15-6-10-5-11(13)12(14)17-10/h2-3,5,7-8,15H,4,6H2,1H3. The molecule has 2 aromatic rings. The summed E-state index contributed by atoms with van der Waals surface area (Å²) in [6, 6.07) is 4.74. The summed E-state index contributed by atoms with van der Waals surface area (Å²) in [6.45, 7) is 3.09. The Hall–Kier alpha value is 0.130. The van der Waals surface area contributed by atoms with Crippen molar-refractivity contribution in [1.82, 2.24) is 5.32 Å². The normalized spacial score (nSPS) is 12.9. The summed E-state index contributed by atoms with van der Waals surface area (Å²) in [4.78, 5) is 1.26. The number of rotatable bonds is 5. The van der Waals surface area contributed by atoms with Crippen LogP contribution in [0.1, 0.15) is 17.4 Å². The van der Waals surface area contributed by atoms with Crippen LogP contribution in [0.3, 0.4) is 0 Å². The first-order valence-electron chi connectivity index (χ1n) is 5.33. The SMILES string of the molecule is CC(Cc1ccsc1)NCc1cc(Br)c(Cl)s1. The molecule has 0 bridgehead atoms. The van der Waals surface area contributed by atoms with E-state index in [1.807, 2.05) is 0 Å². The second-order valence-corrected chi connectivity index (χ2v) is 7.33. The Labute approximate surface area is 123 Å². The molecule has 2 aromatic heterocycles. The second kappa shape index (κ2) is 6.34. The summed E-state index contributed by atoms with van der Waals surface area (Å²) in [5.74, 6) is 0. The van der Waals surface area contributed by atoms with Gasteiger partial charge >= 0.3 is 0 Å². The van der Waals surface area contributed by atoms with Gasteiger partial charge in [-0.25, -0.2) is 0 Å². The summed E-state index contributed by atoms with van der Waals surface area (Å²) >= 11 is 12.8. The molecule has 0 radical (unpaired) electrons. The second-order valence-electron chi connectivity index (χ2n) is 3.95. The lowest BCUT2D eigenvalue weighted by atomic mass is 10.1. The Morgan fingerprint density at radius 1 is 1.53 bits per heavy atom. The first-order valence-corrected chi connectivity index (χ1v) is 8.26. The molecule has 0 saturated heterocycles. The molecule has 1 unspecified atom stereocenters. The molecule has 17 heavy (non-hydrogen) atoms. The van der Waals surface area contributed by atoms with E-state index in [2.05, 4.69) is 51.1 Å². The van der Waals surface area contributed by atoms with Crippen molar-refractivity contribution < 1.29 is 0 Å². The molecule has 0 saturated carbocycles. The van der Waals surface area contributed by atoms with Crippen molar-refractivity contribution in [3.8, 4) is 0 Å². The van der Waals surface area contributed by atoms with E-state index in [9.17, 15) is 0 Å². The Morgan fingerprint density at radius 3 is 2.94 bits per heavy atom. The quantitative estimate of drug-likeness (QED) is 0.805. The topological polar surface area (TPSA) is 12.0 Å². The van der Waals surface area contributed by atoms with E-state index in [0.29, 0.717) is 6.04 Å². The van der Waals surface area contributed by atoms with Crippen molar-refractivity contribution in [3.63, 3.8) is 0 Å². The zero-order chi connectivity index (χ0) is 12.3. The highest BCUT2D eigenvalue weighted by Gasteiger charge is 2.07. The third kappa shape index (κ3) is 4.07. The average molecular weight is 351 g/mol. The predicted octanol–water partition coefficient (Wildman–Crippen LogP) is 4.95. The van der Waals surface area contributed by atoms with Crippen LogP contribution in [0.4, 0.5) is 0 Å². The van der Waals surface area contributed by atoms with Crippen LogP contribution in [0.25, 0.3) is 0 Å². The number of nitrogens with one attached hydrogen (secondary N) is 1. The molecule has 2 rings (SSSR count). The fourth-order valence-electron chi connectivity index (χ4n) is 1.59. The van der Waals surface area contributed by atoms with Crippen LogP contribution in [0.2, 0.25) is 4.34 Å². The van der Waals surface area contributed by atoms with Crippen molar-refractivity contribution in [2.45, 2.75) is 25.9 Å². The molecule has 0 amide bonds. The third-order valence-corrected chi connectivity index (χ3v) is 5.65. The minimum absolute atomic E-state index is 0.476. The van der Waals surface area contributed by atoms with E-state index < -0.39 is 0 Å². The maximum atomic E-state index is 6.01. The number of halogens is 2. The smallest absolute Gasteiger partial charge is 0.107 e. The molecule has 0 aromatic carbocycles. The molecule has 1 nitrogen and oxygen atoms in total. The lowest BCUT2D eigenvalue weighted by molar-refractivity contribution is 0.549. The molecular weight excluding hydrogens is 338 g/mol. The van der Waals surface area contributed by atoms with Gasteiger partial charge in [-0.1, -0.05) is 11.6 Å². The van der Waals surface area contributed by atoms with E-state index in [1.165, 1.54) is 10.4 Å². The largest absolute Gasteiger partial charge is 0.309 e. The van der Waals surface area contributed by atoms with Gasteiger partial charge in [0.2, 0.25) is 0 Å². The van der Waals surface area contributed by atoms with Crippen LogP contribution in [0.15, 0.2) is 27.4 Å². The van der Waals surface area contributed by atoms with Gasteiger partial charge in [0.05, 0.1) is 0 Å². The molecule has 1 N–H and O–H groups in total. The number of hydrogen-bond acceptors (Lipinski definition) is 3. The molecule has 1 atom stereocenters. The lowest BCUT2D eigenvalue weighted by Crippen LogP contribution is -2.26. The molecule has 0 aliphatic heterocycles. The third-order valence-electron chi connectivity index (χ3n) is 2.44. The Balaban J connectivity index is 1.81. The highest BCUT2D eigenvalue weighted by Crippen LogP contribution is 2.31. The molecule has 0 aliphatic carbocycles. The average Bonchev–Trinajstić information content (AvgIpc) is 2.87. The molecule has 0 aliphatic rings. The van der Waals surface area contributed by atoms with Crippen molar-refractivity contribution in [2.24, 2.45) is 0 Å². The van der Waals surface area contributed by atoms with Crippen molar-refractivity contribution >= 4 is 50.2 Å². The summed E-state index contributed by atoms with van der Waals surface area (Å²) < 4.78 is 1.82. The molecule has 5 heteroatoms. The fraction of sp³-hybridized carbons (Fsp3) is 0.333. The fourth-order valence-corrected chi connectivity index (χ4v) is 4.01. The maximum Gasteiger partial charge on any atom is 0.107 e. The van der Waals surface area contributed by atoms with Crippen LogP contribution in [0, 0.1) is 0 Å². The lowest BCUT2D eigenvalue weighted by Gasteiger charge is -2.11. The molecular formula is C12H13BrClNS2. The Bertz CT molecular complexity index is 447. The van der Waals surface area contributed by atoms with Gasteiger partial charge in [-0.2, -0.15) is 11.3 Å². The summed E-state index contributed by atoms with van der Waals surface area (Å²) in [7, 11) is 0. The highest BCUT2D eigenvalue weighted by molar-refractivity contribution is 9.10. The minimum Gasteiger partial charge on any atom is -0.309 e. The van der Waals surface area contributed by atoms with Gasteiger partial charge in [0, 0.05) is 21.9 Å². The first-order chi connectivity index (χ1) is 8.15.